The van der Waals surface area contributed by atoms with E-state index in [1.54, 1.807) is 6.08 Å². The van der Waals surface area contributed by atoms with Crippen molar-refractivity contribution in [3.05, 3.63) is 23.7 Å². The molecule has 0 aromatic carbocycles. The van der Waals surface area contributed by atoms with E-state index in [1.165, 1.54) is 6.42 Å². The maximum Gasteiger partial charge on any atom is 0.235 e. The Morgan fingerprint density at radius 3 is 2.80 bits per heavy atom. The standard InChI is InChI=1S/C12H13NO2/c1-8-6-9(8)10-2-3-11(15-10)12(4-5-12)13-7-14/h2-3,8-9H,4-6H2,1H3. The van der Waals surface area contributed by atoms with Gasteiger partial charge in [0.05, 0.1) is 0 Å². The van der Waals surface area contributed by atoms with E-state index in [2.05, 4.69) is 11.9 Å². The molecule has 2 aliphatic rings. The van der Waals surface area contributed by atoms with Gasteiger partial charge in [-0.2, -0.15) is 4.99 Å². The van der Waals surface area contributed by atoms with Crippen LogP contribution in [0, 0.1) is 5.92 Å². The predicted octanol–water partition coefficient (Wildman–Crippen LogP) is 2.73. The van der Waals surface area contributed by atoms with Crippen molar-refractivity contribution >= 4 is 6.08 Å². The molecule has 2 saturated carbocycles. The third-order valence-electron chi connectivity index (χ3n) is 3.54. The van der Waals surface area contributed by atoms with E-state index in [4.69, 9.17) is 4.42 Å². The molecule has 2 aliphatic carbocycles. The van der Waals surface area contributed by atoms with Gasteiger partial charge in [0.2, 0.25) is 6.08 Å². The molecule has 0 saturated heterocycles. The van der Waals surface area contributed by atoms with E-state index in [-0.39, 0.29) is 5.54 Å². The number of furan rings is 1. The normalized spacial score (nSPS) is 30.7. The second-order valence-electron chi connectivity index (χ2n) is 4.76. The van der Waals surface area contributed by atoms with Gasteiger partial charge in [0.25, 0.3) is 0 Å². The van der Waals surface area contributed by atoms with E-state index in [0.717, 1.165) is 30.3 Å². The maximum atomic E-state index is 10.3. The highest BCUT2D eigenvalue weighted by Crippen LogP contribution is 2.53. The lowest BCUT2D eigenvalue weighted by Crippen LogP contribution is -1.99. The number of rotatable bonds is 3. The van der Waals surface area contributed by atoms with Crippen LogP contribution in [-0.2, 0) is 10.3 Å². The Kier molecular flexibility index (Phi) is 1.68. The van der Waals surface area contributed by atoms with Gasteiger partial charge in [-0.25, -0.2) is 4.79 Å². The van der Waals surface area contributed by atoms with Crippen LogP contribution >= 0.6 is 0 Å². The Bertz CT molecular complexity index is 438. The lowest BCUT2D eigenvalue weighted by molar-refractivity contribution is 0.421. The average molecular weight is 203 g/mol. The average Bonchev–Trinajstić information content (AvgIpc) is 3.10. The quantitative estimate of drug-likeness (QED) is 0.560. The van der Waals surface area contributed by atoms with Crippen molar-refractivity contribution in [3.8, 4) is 0 Å². The molecule has 2 fully saturated rings. The van der Waals surface area contributed by atoms with Crippen LogP contribution in [0.4, 0.5) is 0 Å². The second kappa shape index (κ2) is 2.83. The van der Waals surface area contributed by atoms with Gasteiger partial charge < -0.3 is 4.42 Å². The van der Waals surface area contributed by atoms with Crippen molar-refractivity contribution in [1.29, 1.82) is 0 Å². The summed E-state index contributed by atoms with van der Waals surface area (Å²) in [4.78, 5) is 14.2. The Morgan fingerprint density at radius 1 is 1.53 bits per heavy atom. The van der Waals surface area contributed by atoms with E-state index in [1.807, 2.05) is 12.1 Å². The molecule has 15 heavy (non-hydrogen) atoms. The molecule has 0 N–H and O–H groups in total. The number of nitrogens with zero attached hydrogens (tertiary/aromatic N) is 1. The minimum absolute atomic E-state index is 0.349. The highest BCUT2D eigenvalue weighted by atomic mass is 16.3. The van der Waals surface area contributed by atoms with Crippen molar-refractivity contribution in [2.45, 2.75) is 37.6 Å². The van der Waals surface area contributed by atoms with Crippen molar-refractivity contribution < 1.29 is 9.21 Å². The van der Waals surface area contributed by atoms with Gasteiger partial charge in [-0.1, -0.05) is 6.92 Å². The van der Waals surface area contributed by atoms with Crippen LogP contribution in [0.3, 0.4) is 0 Å². The van der Waals surface area contributed by atoms with Crippen molar-refractivity contribution in [3.63, 3.8) is 0 Å². The number of isocyanates is 1. The Morgan fingerprint density at radius 2 is 2.27 bits per heavy atom. The van der Waals surface area contributed by atoms with Gasteiger partial charge in [-0.3, -0.25) is 0 Å². The fraction of sp³-hybridized carbons (Fsp3) is 0.583. The summed E-state index contributed by atoms with van der Waals surface area (Å²) in [6, 6.07) is 4.00. The molecule has 0 radical (unpaired) electrons. The Balaban J connectivity index is 1.87. The van der Waals surface area contributed by atoms with Gasteiger partial charge >= 0.3 is 0 Å². The molecule has 2 atom stereocenters. The number of carbonyl (C=O) groups excluding carboxylic acids is 1. The third-order valence-corrected chi connectivity index (χ3v) is 3.54. The van der Waals surface area contributed by atoms with Crippen molar-refractivity contribution in [2.75, 3.05) is 0 Å². The van der Waals surface area contributed by atoms with Crippen LogP contribution in [0.25, 0.3) is 0 Å². The van der Waals surface area contributed by atoms with Crippen molar-refractivity contribution in [2.24, 2.45) is 10.9 Å². The molecule has 0 bridgehead atoms. The molecule has 1 aromatic rings. The molecule has 1 aromatic heterocycles. The molecule has 1 heterocycles. The first-order valence-electron chi connectivity index (χ1n) is 5.44. The molecule has 2 unspecified atom stereocenters. The largest absolute Gasteiger partial charge is 0.463 e. The van der Waals surface area contributed by atoms with Crippen molar-refractivity contribution in [1.82, 2.24) is 0 Å². The zero-order valence-corrected chi connectivity index (χ0v) is 8.69. The minimum atomic E-state index is -0.349. The van der Waals surface area contributed by atoms with Gasteiger partial charge in [0.1, 0.15) is 17.1 Å². The monoisotopic (exact) mass is 203 g/mol. The smallest absolute Gasteiger partial charge is 0.235 e. The topological polar surface area (TPSA) is 42.6 Å². The van der Waals surface area contributed by atoms with Gasteiger partial charge in [0, 0.05) is 5.92 Å². The summed E-state index contributed by atoms with van der Waals surface area (Å²) in [6.45, 7) is 2.23. The van der Waals surface area contributed by atoms with E-state index in [0.29, 0.717) is 5.92 Å². The zero-order valence-electron chi connectivity index (χ0n) is 8.69. The van der Waals surface area contributed by atoms with Crippen LogP contribution in [-0.4, -0.2) is 6.08 Å². The number of hydrogen-bond acceptors (Lipinski definition) is 3. The first-order chi connectivity index (χ1) is 7.25. The fourth-order valence-electron chi connectivity index (χ4n) is 2.14. The van der Waals surface area contributed by atoms with Gasteiger partial charge in [-0.05, 0) is 37.3 Å². The highest BCUT2D eigenvalue weighted by molar-refractivity contribution is 5.39. The van der Waals surface area contributed by atoms with Crippen LogP contribution in [0.15, 0.2) is 21.5 Å². The van der Waals surface area contributed by atoms with Crippen LogP contribution in [0.2, 0.25) is 0 Å². The lowest BCUT2D eigenvalue weighted by atomic mass is 10.2. The predicted molar refractivity (Wildman–Crippen MR) is 54.3 cm³/mol. The summed E-state index contributed by atoms with van der Waals surface area (Å²) in [6.07, 6.45) is 4.69. The molecule has 78 valence electrons. The molecule has 0 spiro atoms. The first-order valence-corrected chi connectivity index (χ1v) is 5.44. The fourth-order valence-corrected chi connectivity index (χ4v) is 2.14. The van der Waals surface area contributed by atoms with Gasteiger partial charge in [0.15, 0.2) is 0 Å². The second-order valence-corrected chi connectivity index (χ2v) is 4.76. The SMILES string of the molecule is CC1CC1c1ccc(C2(N=C=O)CC2)o1. The molecule has 3 heteroatoms. The van der Waals surface area contributed by atoms with E-state index < -0.39 is 0 Å². The summed E-state index contributed by atoms with van der Waals surface area (Å²) in [5.74, 6) is 3.24. The Labute approximate surface area is 88.2 Å². The third kappa shape index (κ3) is 1.35. The number of hydrogen-bond donors (Lipinski definition) is 0. The summed E-state index contributed by atoms with van der Waals surface area (Å²) < 4.78 is 5.79. The molecule has 3 rings (SSSR count). The highest BCUT2D eigenvalue weighted by Gasteiger charge is 2.48. The van der Waals surface area contributed by atoms with Crippen LogP contribution < -0.4 is 0 Å². The van der Waals surface area contributed by atoms with Crippen LogP contribution in [0.5, 0.6) is 0 Å². The first kappa shape index (κ1) is 8.93. The summed E-state index contributed by atoms with van der Waals surface area (Å²) in [7, 11) is 0. The maximum absolute atomic E-state index is 10.3. The summed E-state index contributed by atoms with van der Waals surface area (Å²) in [5, 5.41) is 0. The molecule has 0 aliphatic heterocycles. The molecular formula is C12H13NO2. The summed E-state index contributed by atoms with van der Waals surface area (Å²) in [5.41, 5.74) is -0.349. The van der Waals surface area contributed by atoms with E-state index in [9.17, 15) is 4.79 Å². The molecule has 0 amide bonds. The molecule has 3 nitrogen and oxygen atoms in total. The van der Waals surface area contributed by atoms with Gasteiger partial charge in [-0.15, -0.1) is 0 Å². The lowest BCUT2D eigenvalue weighted by Gasteiger charge is -2.02. The van der Waals surface area contributed by atoms with Crippen LogP contribution in [0.1, 0.15) is 43.6 Å². The zero-order chi connectivity index (χ0) is 10.5. The number of aliphatic imine (C=N–C) groups is 1. The summed E-state index contributed by atoms with van der Waals surface area (Å²) >= 11 is 0. The Hall–Kier alpha value is -1.34. The molecular weight excluding hydrogens is 190 g/mol. The van der Waals surface area contributed by atoms with E-state index >= 15 is 0 Å². The minimum Gasteiger partial charge on any atom is -0.463 e.